The van der Waals surface area contributed by atoms with Crippen molar-refractivity contribution in [2.24, 2.45) is 23.2 Å². The first-order valence-corrected chi connectivity index (χ1v) is 6.48. The van der Waals surface area contributed by atoms with Crippen LogP contribution >= 0.6 is 0 Å². The zero-order chi connectivity index (χ0) is 10.5. The van der Waals surface area contributed by atoms with E-state index in [-0.39, 0.29) is 0 Å². The molecule has 0 spiro atoms. The van der Waals surface area contributed by atoms with Gasteiger partial charge in [0.25, 0.3) is 0 Å². The van der Waals surface area contributed by atoms with Gasteiger partial charge in [-0.2, -0.15) is 0 Å². The molecule has 4 bridgehead atoms. The van der Waals surface area contributed by atoms with Crippen LogP contribution < -0.4 is 0 Å². The van der Waals surface area contributed by atoms with Crippen molar-refractivity contribution in [3.8, 4) is 0 Å². The van der Waals surface area contributed by atoms with Crippen molar-refractivity contribution in [3.05, 3.63) is 12.8 Å². The molecule has 1 heteroatoms. The molecule has 4 aliphatic rings. The van der Waals surface area contributed by atoms with Crippen LogP contribution in [0.5, 0.6) is 0 Å². The zero-order valence-electron chi connectivity index (χ0n) is 9.74. The summed E-state index contributed by atoms with van der Waals surface area (Å²) in [6.45, 7) is 5.96. The van der Waals surface area contributed by atoms with E-state index in [4.69, 9.17) is 4.74 Å². The Morgan fingerprint density at radius 2 is 1.60 bits per heavy atom. The van der Waals surface area contributed by atoms with Gasteiger partial charge in [0.2, 0.25) is 0 Å². The normalized spacial score (nSPS) is 49.0. The summed E-state index contributed by atoms with van der Waals surface area (Å²) in [5.41, 5.74) is 0.517. The van der Waals surface area contributed by atoms with Gasteiger partial charge >= 0.3 is 0 Å². The van der Waals surface area contributed by atoms with E-state index in [2.05, 4.69) is 13.5 Å². The van der Waals surface area contributed by atoms with Gasteiger partial charge < -0.3 is 4.74 Å². The fourth-order valence-electron chi connectivity index (χ4n) is 4.96. The number of rotatable bonds is 3. The minimum Gasteiger partial charge on any atom is -0.498 e. The molecule has 0 saturated heterocycles. The lowest BCUT2D eigenvalue weighted by Crippen LogP contribution is -2.51. The minimum atomic E-state index is 0.392. The van der Waals surface area contributed by atoms with E-state index < -0.39 is 0 Å². The number of hydrogen-bond donors (Lipinski definition) is 0. The maximum atomic E-state index is 5.69. The summed E-state index contributed by atoms with van der Waals surface area (Å²) in [5.74, 6) is 3.06. The molecule has 0 aromatic rings. The molecule has 0 aromatic carbocycles. The second-order valence-electron chi connectivity index (χ2n) is 6.22. The van der Waals surface area contributed by atoms with E-state index in [1.54, 1.807) is 6.26 Å². The first-order chi connectivity index (χ1) is 7.22. The third-order valence-corrected chi connectivity index (χ3v) is 5.25. The van der Waals surface area contributed by atoms with Crippen LogP contribution in [0.25, 0.3) is 0 Å². The van der Waals surface area contributed by atoms with Gasteiger partial charge in [-0.15, -0.1) is 0 Å². The summed E-state index contributed by atoms with van der Waals surface area (Å²) in [4.78, 5) is 0. The highest BCUT2D eigenvalue weighted by Gasteiger charge is 2.53. The predicted molar refractivity (Wildman–Crippen MR) is 61.3 cm³/mol. The molecular weight excluding hydrogens is 184 g/mol. The second kappa shape index (κ2) is 3.26. The SMILES string of the molecule is C=COC(C)C12CC3CC(CC(C3)C1)C2. The van der Waals surface area contributed by atoms with Crippen LogP contribution in [0.3, 0.4) is 0 Å². The molecule has 0 aromatic heterocycles. The van der Waals surface area contributed by atoms with Crippen molar-refractivity contribution in [2.75, 3.05) is 0 Å². The van der Waals surface area contributed by atoms with E-state index in [0.717, 1.165) is 17.8 Å². The highest BCUT2D eigenvalue weighted by molar-refractivity contribution is 5.04. The van der Waals surface area contributed by atoms with E-state index in [9.17, 15) is 0 Å². The van der Waals surface area contributed by atoms with Gasteiger partial charge in [-0.1, -0.05) is 6.58 Å². The summed E-state index contributed by atoms with van der Waals surface area (Å²) in [7, 11) is 0. The molecule has 1 atom stereocenters. The molecule has 0 amide bonds. The summed E-state index contributed by atoms with van der Waals surface area (Å²) in [6, 6.07) is 0. The van der Waals surface area contributed by atoms with Crippen LogP contribution in [0, 0.1) is 23.2 Å². The third-order valence-electron chi connectivity index (χ3n) is 5.25. The largest absolute Gasteiger partial charge is 0.498 e. The van der Waals surface area contributed by atoms with Crippen molar-refractivity contribution in [3.63, 3.8) is 0 Å². The van der Waals surface area contributed by atoms with Gasteiger partial charge in [0.15, 0.2) is 0 Å². The predicted octanol–water partition coefficient (Wildman–Crippen LogP) is 3.75. The van der Waals surface area contributed by atoms with E-state index in [0.29, 0.717) is 11.5 Å². The van der Waals surface area contributed by atoms with Crippen molar-refractivity contribution in [2.45, 2.75) is 51.6 Å². The van der Waals surface area contributed by atoms with Crippen molar-refractivity contribution in [1.82, 2.24) is 0 Å². The number of hydrogen-bond acceptors (Lipinski definition) is 1. The molecule has 1 nitrogen and oxygen atoms in total. The Balaban J connectivity index is 1.83. The van der Waals surface area contributed by atoms with Gasteiger partial charge in [0.1, 0.15) is 6.10 Å². The lowest BCUT2D eigenvalue weighted by molar-refractivity contribution is -0.116. The molecule has 15 heavy (non-hydrogen) atoms. The van der Waals surface area contributed by atoms with Crippen LogP contribution in [0.15, 0.2) is 12.8 Å². The topological polar surface area (TPSA) is 9.23 Å². The van der Waals surface area contributed by atoms with Gasteiger partial charge in [-0.3, -0.25) is 0 Å². The fraction of sp³-hybridized carbons (Fsp3) is 0.857. The molecule has 0 N–H and O–H groups in total. The Morgan fingerprint density at radius 3 is 2.00 bits per heavy atom. The van der Waals surface area contributed by atoms with E-state index >= 15 is 0 Å². The first-order valence-electron chi connectivity index (χ1n) is 6.48. The maximum Gasteiger partial charge on any atom is 0.101 e. The summed E-state index contributed by atoms with van der Waals surface area (Å²) in [6.07, 6.45) is 10.8. The van der Waals surface area contributed by atoms with Crippen molar-refractivity contribution < 1.29 is 4.74 Å². The third kappa shape index (κ3) is 1.43. The monoisotopic (exact) mass is 206 g/mol. The van der Waals surface area contributed by atoms with Gasteiger partial charge in [0, 0.05) is 5.41 Å². The van der Waals surface area contributed by atoms with Gasteiger partial charge in [-0.05, 0) is 63.2 Å². The fourth-order valence-corrected chi connectivity index (χ4v) is 4.96. The van der Waals surface area contributed by atoms with Crippen molar-refractivity contribution in [1.29, 1.82) is 0 Å². The lowest BCUT2D eigenvalue weighted by Gasteiger charge is -2.58. The quantitative estimate of drug-likeness (QED) is 0.639. The summed E-state index contributed by atoms with van der Waals surface area (Å²) in [5, 5.41) is 0. The molecule has 4 rings (SSSR count). The average molecular weight is 206 g/mol. The Bertz CT molecular complexity index is 233. The molecule has 1 unspecified atom stereocenters. The first kappa shape index (κ1) is 9.74. The highest BCUT2D eigenvalue weighted by atomic mass is 16.5. The standard InChI is InChI=1S/C14H22O/c1-3-15-10(2)14-7-11-4-12(8-14)6-13(5-11)9-14/h3,10-13H,1,4-9H2,2H3. The summed E-state index contributed by atoms with van der Waals surface area (Å²) < 4.78 is 5.69. The van der Waals surface area contributed by atoms with Crippen LogP contribution in [0.4, 0.5) is 0 Å². The van der Waals surface area contributed by atoms with Crippen LogP contribution in [0.2, 0.25) is 0 Å². The minimum absolute atomic E-state index is 0.392. The van der Waals surface area contributed by atoms with Gasteiger partial charge in [0.05, 0.1) is 6.26 Å². The Morgan fingerprint density at radius 1 is 1.13 bits per heavy atom. The molecule has 4 fully saturated rings. The Hall–Kier alpha value is -0.460. The maximum absolute atomic E-state index is 5.69. The lowest BCUT2D eigenvalue weighted by atomic mass is 9.48. The number of ether oxygens (including phenoxy) is 1. The van der Waals surface area contributed by atoms with E-state index in [1.807, 2.05) is 0 Å². The molecule has 0 aliphatic heterocycles. The van der Waals surface area contributed by atoms with Crippen molar-refractivity contribution >= 4 is 0 Å². The zero-order valence-corrected chi connectivity index (χ0v) is 9.74. The van der Waals surface area contributed by atoms with Crippen LogP contribution in [0.1, 0.15) is 45.4 Å². The Labute approximate surface area is 92.9 Å². The van der Waals surface area contributed by atoms with E-state index in [1.165, 1.54) is 38.5 Å². The molecule has 4 aliphatic carbocycles. The molecule has 84 valence electrons. The van der Waals surface area contributed by atoms with Crippen LogP contribution in [-0.4, -0.2) is 6.10 Å². The average Bonchev–Trinajstić information content (AvgIpc) is 2.15. The molecule has 4 saturated carbocycles. The highest BCUT2D eigenvalue weighted by Crippen LogP contribution is 2.61. The smallest absolute Gasteiger partial charge is 0.101 e. The van der Waals surface area contributed by atoms with Gasteiger partial charge in [-0.25, -0.2) is 0 Å². The molecular formula is C14H22O. The van der Waals surface area contributed by atoms with Crippen LogP contribution in [-0.2, 0) is 4.74 Å². The molecule has 0 heterocycles. The second-order valence-corrected chi connectivity index (χ2v) is 6.22. The summed E-state index contributed by atoms with van der Waals surface area (Å²) >= 11 is 0. The Kier molecular flexibility index (Phi) is 2.12. The molecule has 0 radical (unpaired) electrons.